The van der Waals surface area contributed by atoms with Gasteiger partial charge in [-0.25, -0.2) is 4.98 Å². The van der Waals surface area contributed by atoms with Crippen molar-refractivity contribution in [2.24, 2.45) is 0 Å². The fourth-order valence-electron chi connectivity index (χ4n) is 2.36. The summed E-state index contributed by atoms with van der Waals surface area (Å²) in [6, 6.07) is 1.95. The summed E-state index contributed by atoms with van der Waals surface area (Å²) in [5, 5.41) is 3.49. The standard InChI is InChI=1S/C11H13ClN2O.C2H6/c1-2-11(14-7-15)5-3-8-9(11)4-6-13-10(8)12;1-2/h4,6-7H,2-3,5H2,1H3,(H,14,15);1-2H3. The molecule has 1 aliphatic rings. The molecule has 0 bridgehead atoms. The Morgan fingerprint density at radius 2 is 2.29 bits per heavy atom. The number of hydrogen-bond acceptors (Lipinski definition) is 2. The van der Waals surface area contributed by atoms with Gasteiger partial charge < -0.3 is 5.32 Å². The number of pyridine rings is 1. The minimum absolute atomic E-state index is 0.232. The first-order valence-electron chi connectivity index (χ1n) is 6.08. The number of carbonyl (C=O) groups is 1. The largest absolute Gasteiger partial charge is 0.349 e. The zero-order chi connectivity index (χ0) is 12.9. The smallest absolute Gasteiger partial charge is 0.207 e. The van der Waals surface area contributed by atoms with E-state index in [9.17, 15) is 4.79 Å². The highest BCUT2D eigenvalue weighted by Gasteiger charge is 2.37. The summed E-state index contributed by atoms with van der Waals surface area (Å²) in [5.41, 5.74) is 1.97. The lowest BCUT2D eigenvalue weighted by molar-refractivity contribution is -0.111. The number of fused-ring (bicyclic) bond motifs is 1. The summed E-state index contributed by atoms with van der Waals surface area (Å²) in [5.74, 6) is 0. The fraction of sp³-hybridized carbons (Fsp3) is 0.538. The maximum absolute atomic E-state index is 10.7. The third-order valence-electron chi connectivity index (χ3n) is 3.26. The molecular formula is C13H19ClN2O. The van der Waals surface area contributed by atoms with Crippen LogP contribution in [0.15, 0.2) is 12.3 Å². The minimum Gasteiger partial charge on any atom is -0.349 e. The number of aromatic nitrogens is 1. The molecule has 1 N–H and O–H groups in total. The van der Waals surface area contributed by atoms with Gasteiger partial charge in [-0.2, -0.15) is 0 Å². The number of carbonyl (C=O) groups excluding carboxylic acids is 1. The highest BCUT2D eigenvalue weighted by Crippen LogP contribution is 2.40. The Kier molecular flexibility index (Phi) is 4.94. The maximum Gasteiger partial charge on any atom is 0.207 e. The molecule has 0 aromatic carbocycles. The Morgan fingerprint density at radius 3 is 2.88 bits per heavy atom. The summed E-state index contributed by atoms with van der Waals surface area (Å²) < 4.78 is 0. The Labute approximate surface area is 108 Å². The Bertz CT molecular complexity index is 395. The van der Waals surface area contributed by atoms with Crippen LogP contribution in [0.4, 0.5) is 0 Å². The van der Waals surface area contributed by atoms with E-state index in [0.29, 0.717) is 5.15 Å². The summed E-state index contributed by atoms with van der Waals surface area (Å²) in [7, 11) is 0. The molecule has 1 aromatic heterocycles. The predicted molar refractivity (Wildman–Crippen MR) is 70.1 cm³/mol. The van der Waals surface area contributed by atoms with Gasteiger partial charge in [-0.1, -0.05) is 32.4 Å². The topological polar surface area (TPSA) is 42.0 Å². The first-order chi connectivity index (χ1) is 8.23. The number of amides is 1. The van der Waals surface area contributed by atoms with Crippen molar-refractivity contribution in [3.8, 4) is 0 Å². The van der Waals surface area contributed by atoms with Crippen molar-refractivity contribution in [2.45, 2.75) is 45.6 Å². The predicted octanol–water partition coefficient (Wildman–Crippen LogP) is 3.06. The van der Waals surface area contributed by atoms with Crippen molar-refractivity contribution in [3.05, 3.63) is 28.5 Å². The molecule has 0 saturated heterocycles. The molecule has 1 amide bonds. The zero-order valence-corrected chi connectivity index (χ0v) is 11.3. The minimum atomic E-state index is -0.232. The molecule has 0 fully saturated rings. The number of hydrogen-bond donors (Lipinski definition) is 1. The van der Waals surface area contributed by atoms with Crippen molar-refractivity contribution in [2.75, 3.05) is 0 Å². The van der Waals surface area contributed by atoms with Gasteiger partial charge in [0.2, 0.25) is 6.41 Å². The van der Waals surface area contributed by atoms with Crippen molar-refractivity contribution < 1.29 is 4.79 Å². The lowest BCUT2D eigenvalue weighted by Crippen LogP contribution is -2.38. The quantitative estimate of drug-likeness (QED) is 0.665. The first kappa shape index (κ1) is 14.0. The Balaban J connectivity index is 0.000000686. The summed E-state index contributed by atoms with van der Waals surface area (Å²) in [6.07, 6.45) is 5.13. The van der Waals surface area contributed by atoms with Crippen molar-refractivity contribution >= 4 is 18.0 Å². The normalized spacial score (nSPS) is 21.2. The Hall–Kier alpha value is -1.09. The van der Waals surface area contributed by atoms with Gasteiger partial charge in [0.1, 0.15) is 5.15 Å². The average Bonchev–Trinajstić information content (AvgIpc) is 2.74. The monoisotopic (exact) mass is 254 g/mol. The molecule has 0 aliphatic heterocycles. The van der Waals surface area contributed by atoms with Gasteiger partial charge in [-0.05, 0) is 36.5 Å². The molecule has 1 heterocycles. The van der Waals surface area contributed by atoms with Gasteiger partial charge >= 0.3 is 0 Å². The van der Waals surface area contributed by atoms with E-state index in [-0.39, 0.29) is 5.54 Å². The molecule has 0 saturated carbocycles. The Morgan fingerprint density at radius 1 is 1.59 bits per heavy atom. The van der Waals surface area contributed by atoms with Gasteiger partial charge in [-0.15, -0.1) is 0 Å². The number of rotatable bonds is 3. The molecule has 1 aliphatic carbocycles. The molecule has 0 radical (unpaired) electrons. The highest BCUT2D eigenvalue weighted by atomic mass is 35.5. The fourth-order valence-corrected chi connectivity index (χ4v) is 2.61. The van der Waals surface area contributed by atoms with E-state index in [1.807, 2.05) is 19.9 Å². The second-order valence-electron chi connectivity index (χ2n) is 3.83. The van der Waals surface area contributed by atoms with E-state index < -0.39 is 0 Å². The summed E-state index contributed by atoms with van der Waals surface area (Å²) >= 11 is 6.03. The average molecular weight is 255 g/mol. The van der Waals surface area contributed by atoms with Gasteiger partial charge in [-0.3, -0.25) is 4.79 Å². The number of halogens is 1. The molecule has 0 spiro atoms. The van der Waals surface area contributed by atoms with Gasteiger partial charge in [0.05, 0.1) is 5.54 Å². The zero-order valence-electron chi connectivity index (χ0n) is 10.6. The summed E-state index contributed by atoms with van der Waals surface area (Å²) in [4.78, 5) is 14.7. The molecule has 1 unspecified atom stereocenters. The van der Waals surface area contributed by atoms with E-state index in [0.717, 1.165) is 36.8 Å². The van der Waals surface area contributed by atoms with Crippen molar-refractivity contribution in [1.29, 1.82) is 0 Å². The molecule has 17 heavy (non-hydrogen) atoms. The molecule has 1 atom stereocenters. The van der Waals surface area contributed by atoms with Crippen LogP contribution in [0.2, 0.25) is 5.15 Å². The molecule has 94 valence electrons. The third-order valence-corrected chi connectivity index (χ3v) is 3.59. The van der Waals surface area contributed by atoms with Crippen LogP contribution in [0, 0.1) is 0 Å². The van der Waals surface area contributed by atoms with Crippen LogP contribution in [-0.4, -0.2) is 11.4 Å². The first-order valence-corrected chi connectivity index (χ1v) is 6.46. The molecule has 3 nitrogen and oxygen atoms in total. The molecule has 2 rings (SSSR count). The number of nitrogens with one attached hydrogen (secondary N) is 1. The van der Waals surface area contributed by atoms with E-state index in [2.05, 4.69) is 17.2 Å². The lowest BCUT2D eigenvalue weighted by atomic mass is 9.90. The molecule has 4 heteroatoms. The third kappa shape index (κ3) is 2.44. The van der Waals surface area contributed by atoms with Crippen LogP contribution in [0.3, 0.4) is 0 Å². The van der Waals surface area contributed by atoms with Crippen molar-refractivity contribution in [3.63, 3.8) is 0 Å². The molecular weight excluding hydrogens is 236 g/mol. The van der Waals surface area contributed by atoms with Crippen LogP contribution in [0.1, 0.15) is 44.7 Å². The SMILES string of the molecule is CC.CCC1(NC=O)CCc2c1ccnc2Cl. The molecule has 1 aromatic rings. The van der Waals surface area contributed by atoms with Crippen LogP contribution in [0.25, 0.3) is 0 Å². The van der Waals surface area contributed by atoms with Gasteiger partial charge in [0.25, 0.3) is 0 Å². The van der Waals surface area contributed by atoms with Crippen LogP contribution < -0.4 is 5.32 Å². The van der Waals surface area contributed by atoms with Gasteiger partial charge in [0, 0.05) is 6.20 Å². The second kappa shape index (κ2) is 6.01. The maximum atomic E-state index is 10.7. The van der Waals surface area contributed by atoms with E-state index >= 15 is 0 Å². The lowest BCUT2D eigenvalue weighted by Gasteiger charge is -2.28. The summed E-state index contributed by atoms with van der Waals surface area (Å²) in [6.45, 7) is 6.07. The second-order valence-corrected chi connectivity index (χ2v) is 4.18. The van der Waals surface area contributed by atoms with Crippen LogP contribution >= 0.6 is 11.6 Å². The van der Waals surface area contributed by atoms with E-state index in [1.165, 1.54) is 0 Å². The van der Waals surface area contributed by atoms with Gasteiger partial charge in [0.15, 0.2) is 0 Å². The van der Waals surface area contributed by atoms with E-state index in [4.69, 9.17) is 11.6 Å². The van der Waals surface area contributed by atoms with Crippen molar-refractivity contribution in [1.82, 2.24) is 10.3 Å². The highest BCUT2D eigenvalue weighted by molar-refractivity contribution is 6.30. The van der Waals surface area contributed by atoms with Crippen LogP contribution in [0.5, 0.6) is 0 Å². The van der Waals surface area contributed by atoms with Crippen LogP contribution in [-0.2, 0) is 16.8 Å². The van der Waals surface area contributed by atoms with E-state index in [1.54, 1.807) is 6.20 Å². The number of nitrogens with zero attached hydrogens (tertiary/aromatic N) is 1.